The highest BCUT2D eigenvalue weighted by Crippen LogP contribution is 2.28. The van der Waals surface area contributed by atoms with Crippen molar-refractivity contribution < 1.29 is 9.18 Å². The second kappa shape index (κ2) is 7.23. The highest BCUT2D eigenvalue weighted by molar-refractivity contribution is 7.15. The third-order valence-corrected chi connectivity index (χ3v) is 4.58. The van der Waals surface area contributed by atoms with Crippen LogP contribution in [-0.2, 0) is 6.54 Å². The number of benzene rings is 1. The van der Waals surface area contributed by atoms with Crippen molar-refractivity contribution in [1.82, 2.24) is 10.3 Å². The molecular formula is C18H16FN3OS. The van der Waals surface area contributed by atoms with Crippen LogP contribution < -0.4 is 10.6 Å². The van der Waals surface area contributed by atoms with Crippen LogP contribution in [0.2, 0.25) is 0 Å². The van der Waals surface area contributed by atoms with E-state index in [9.17, 15) is 9.18 Å². The number of carbonyl (C=O) groups is 1. The van der Waals surface area contributed by atoms with Gasteiger partial charge in [-0.3, -0.25) is 4.79 Å². The molecule has 0 spiro atoms. The zero-order valence-electron chi connectivity index (χ0n) is 13.0. The molecule has 0 aliphatic heterocycles. The number of halogens is 1. The molecule has 0 fully saturated rings. The number of nitrogens with one attached hydrogen (secondary N) is 2. The third kappa shape index (κ3) is 3.78. The highest BCUT2D eigenvalue weighted by atomic mass is 32.1. The number of pyridine rings is 1. The van der Waals surface area contributed by atoms with Gasteiger partial charge >= 0.3 is 0 Å². The quantitative estimate of drug-likeness (QED) is 0.739. The van der Waals surface area contributed by atoms with Gasteiger partial charge in [0.25, 0.3) is 5.91 Å². The predicted octanol–water partition coefficient (Wildman–Crippen LogP) is 3.92. The first-order valence-electron chi connectivity index (χ1n) is 7.43. The number of aromatic nitrogens is 1. The van der Waals surface area contributed by atoms with E-state index in [0.29, 0.717) is 18.1 Å². The summed E-state index contributed by atoms with van der Waals surface area (Å²) in [5.74, 6) is 0.195. The summed E-state index contributed by atoms with van der Waals surface area (Å²) in [7, 11) is 1.58. The minimum absolute atomic E-state index is 0.214. The first-order valence-corrected chi connectivity index (χ1v) is 8.25. The molecule has 0 atom stereocenters. The summed E-state index contributed by atoms with van der Waals surface area (Å²) in [6, 6.07) is 15.8. The molecule has 122 valence electrons. The molecule has 2 aromatic heterocycles. The molecule has 0 saturated carbocycles. The first kappa shape index (κ1) is 16.1. The number of hydrogen-bond acceptors (Lipinski definition) is 4. The lowest BCUT2D eigenvalue weighted by molar-refractivity contribution is 0.0958. The Labute approximate surface area is 143 Å². The number of carbonyl (C=O) groups excluding carboxylic acids is 1. The second-order valence-corrected chi connectivity index (χ2v) is 6.28. The van der Waals surface area contributed by atoms with Crippen molar-refractivity contribution in [3.8, 4) is 10.4 Å². The largest absolute Gasteiger partial charge is 0.365 e. The van der Waals surface area contributed by atoms with E-state index in [4.69, 9.17) is 0 Å². The Morgan fingerprint density at radius 3 is 2.67 bits per heavy atom. The molecule has 3 rings (SSSR count). The van der Waals surface area contributed by atoms with Crippen molar-refractivity contribution in [3.63, 3.8) is 0 Å². The number of nitrogens with zero attached hydrogens (tertiary/aromatic N) is 1. The lowest BCUT2D eigenvalue weighted by Crippen LogP contribution is -2.19. The summed E-state index contributed by atoms with van der Waals surface area (Å²) in [5, 5.41) is 5.77. The van der Waals surface area contributed by atoms with Crippen LogP contribution in [0.4, 0.5) is 10.2 Å². The Kier molecular flexibility index (Phi) is 4.86. The lowest BCUT2D eigenvalue weighted by atomic mass is 10.2. The first-order chi connectivity index (χ1) is 11.7. The van der Waals surface area contributed by atoms with Gasteiger partial charge < -0.3 is 10.6 Å². The monoisotopic (exact) mass is 341 g/mol. The van der Waals surface area contributed by atoms with Crippen LogP contribution in [0.25, 0.3) is 10.4 Å². The smallest absolute Gasteiger partial charge is 0.269 e. The number of anilines is 1. The van der Waals surface area contributed by atoms with Crippen LogP contribution >= 0.6 is 11.3 Å². The number of amides is 1. The summed E-state index contributed by atoms with van der Waals surface area (Å²) >= 11 is 1.63. The van der Waals surface area contributed by atoms with E-state index in [1.165, 1.54) is 12.1 Å². The Hall–Kier alpha value is -2.73. The number of rotatable bonds is 5. The fourth-order valence-electron chi connectivity index (χ4n) is 2.21. The fourth-order valence-corrected chi connectivity index (χ4v) is 3.16. The van der Waals surface area contributed by atoms with Gasteiger partial charge in [0.05, 0.1) is 6.54 Å². The Bertz CT molecular complexity index is 845. The Balaban J connectivity index is 1.67. The molecule has 2 N–H and O–H groups in total. The van der Waals surface area contributed by atoms with Crippen molar-refractivity contribution in [2.24, 2.45) is 0 Å². The van der Waals surface area contributed by atoms with Crippen LogP contribution in [0.15, 0.2) is 54.6 Å². The van der Waals surface area contributed by atoms with Crippen LogP contribution in [0.1, 0.15) is 15.4 Å². The third-order valence-electron chi connectivity index (χ3n) is 3.44. The molecule has 24 heavy (non-hydrogen) atoms. The average molecular weight is 341 g/mol. The van der Waals surface area contributed by atoms with Gasteiger partial charge in [-0.2, -0.15) is 0 Å². The molecule has 0 bridgehead atoms. The SMILES string of the molecule is CNC(=O)c1cccc(NCc2ccc(-c3ccc(F)cc3)s2)n1. The summed E-state index contributed by atoms with van der Waals surface area (Å²) in [6.45, 7) is 0.607. The minimum Gasteiger partial charge on any atom is -0.365 e. The van der Waals surface area contributed by atoms with E-state index in [1.807, 2.05) is 18.2 Å². The predicted molar refractivity (Wildman–Crippen MR) is 94.7 cm³/mol. The van der Waals surface area contributed by atoms with E-state index in [0.717, 1.165) is 15.3 Å². The summed E-state index contributed by atoms with van der Waals surface area (Å²) in [5.41, 5.74) is 1.37. The van der Waals surface area contributed by atoms with Crippen LogP contribution in [0.3, 0.4) is 0 Å². The fraction of sp³-hybridized carbons (Fsp3) is 0.111. The molecule has 0 saturated heterocycles. The molecule has 0 radical (unpaired) electrons. The Morgan fingerprint density at radius 2 is 1.92 bits per heavy atom. The highest BCUT2D eigenvalue weighted by Gasteiger charge is 2.07. The Morgan fingerprint density at radius 1 is 1.12 bits per heavy atom. The van der Waals surface area contributed by atoms with E-state index < -0.39 is 0 Å². The number of hydrogen-bond donors (Lipinski definition) is 2. The van der Waals surface area contributed by atoms with Gasteiger partial charge in [-0.25, -0.2) is 9.37 Å². The molecule has 4 nitrogen and oxygen atoms in total. The maximum atomic E-state index is 13.0. The van der Waals surface area contributed by atoms with Gasteiger partial charge in [-0.15, -0.1) is 11.3 Å². The van der Waals surface area contributed by atoms with Gasteiger partial charge in [0, 0.05) is 16.8 Å². The van der Waals surface area contributed by atoms with Crippen LogP contribution in [-0.4, -0.2) is 17.9 Å². The van der Waals surface area contributed by atoms with Gasteiger partial charge in [0.1, 0.15) is 17.3 Å². The molecule has 0 aliphatic carbocycles. The lowest BCUT2D eigenvalue weighted by Gasteiger charge is -2.05. The van der Waals surface area contributed by atoms with Gasteiger partial charge in [0.2, 0.25) is 0 Å². The molecule has 0 aliphatic rings. The van der Waals surface area contributed by atoms with Crippen LogP contribution in [0, 0.1) is 5.82 Å². The van der Waals surface area contributed by atoms with Gasteiger partial charge in [-0.05, 0) is 42.0 Å². The zero-order chi connectivity index (χ0) is 16.9. The topological polar surface area (TPSA) is 54.0 Å². The normalized spacial score (nSPS) is 10.4. The van der Waals surface area contributed by atoms with Gasteiger partial charge in [-0.1, -0.05) is 18.2 Å². The molecule has 1 amide bonds. The second-order valence-electron chi connectivity index (χ2n) is 5.11. The van der Waals surface area contributed by atoms with E-state index in [-0.39, 0.29) is 11.7 Å². The van der Waals surface area contributed by atoms with E-state index in [2.05, 4.69) is 15.6 Å². The maximum Gasteiger partial charge on any atom is 0.269 e. The van der Waals surface area contributed by atoms with Crippen molar-refractivity contribution in [2.75, 3.05) is 12.4 Å². The van der Waals surface area contributed by atoms with Crippen molar-refractivity contribution in [1.29, 1.82) is 0 Å². The van der Waals surface area contributed by atoms with Gasteiger partial charge in [0.15, 0.2) is 0 Å². The molecule has 6 heteroatoms. The molecule has 1 aromatic carbocycles. The summed E-state index contributed by atoms with van der Waals surface area (Å²) < 4.78 is 13.0. The number of thiophene rings is 1. The summed E-state index contributed by atoms with van der Waals surface area (Å²) in [6.07, 6.45) is 0. The van der Waals surface area contributed by atoms with Crippen LogP contribution in [0.5, 0.6) is 0 Å². The molecule has 2 heterocycles. The standard InChI is InChI=1S/C18H16FN3OS/c1-20-18(23)15-3-2-4-17(22-15)21-11-14-9-10-16(24-14)12-5-7-13(19)8-6-12/h2-10H,11H2,1H3,(H,20,23)(H,21,22). The average Bonchev–Trinajstić information content (AvgIpc) is 3.09. The van der Waals surface area contributed by atoms with E-state index in [1.54, 1.807) is 42.6 Å². The van der Waals surface area contributed by atoms with E-state index >= 15 is 0 Å². The zero-order valence-corrected chi connectivity index (χ0v) is 13.9. The summed E-state index contributed by atoms with van der Waals surface area (Å²) in [4.78, 5) is 18.1. The minimum atomic E-state index is -0.237. The van der Waals surface area contributed by atoms with Crippen molar-refractivity contribution in [2.45, 2.75) is 6.54 Å². The maximum absolute atomic E-state index is 13.0. The van der Waals surface area contributed by atoms with Crippen molar-refractivity contribution in [3.05, 3.63) is 71.0 Å². The molecular weight excluding hydrogens is 325 g/mol. The molecule has 0 unspecified atom stereocenters. The van der Waals surface area contributed by atoms with Crippen molar-refractivity contribution >= 4 is 23.1 Å². The molecule has 3 aromatic rings.